The van der Waals surface area contributed by atoms with Crippen molar-refractivity contribution in [1.82, 2.24) is 34.4 Å². The van der Waals surface area contributed by atoms with E-state index in [0.29, 0.717) is 35.7 Å². The van der Waals surface area contributed by atoms with Gasteiger partial charge < -0.3 is 15.0 Å². The van der Waals surface area contributed by atoms with E-state index >= 15 is 0 Å². The van der Waals surface area contributed by atoms with Gasteiger partial charge in [-0.3, -0.25) is 4.79 Å². The fourth-order valence-electron chi connectivity index (χ4n) is 4.71. The molecule has 6 rings (SSSR count). The first-order chi connectivity index (χ1) is 19.0. The standard InChI is InChI=1S/C29H26N8O2/c1-4-27(38)36-11-9-20(14-19(36)3)23-6-7-24-28(35-23)29(32-16-30-24)34-21-5-8-25(18(2)13-21)39-22-10-12-37-26(15-22)31-17-33-37/h4-10,12-13,15-17,19H,1,11,14H2,2-3H3,(H,30,32,34)/t19-/m0/s1. The van der Waals surface area contributed by atoms with Crippen LogP contribution >= 0.6 is 0 Å². The Morgan fingerprint density at radius 3 is 2.85 bits per heavy atom. The number of ether oxygens (including phenoxy) is 1. The highest BCUT2D eigenvalue weighted by atomic mass is 16.5. The molecule has 0 unspecified atom stereocenters. The summed E-state index contributed by atoms with van der Waals surface area (Å²) in [4.78, 5) is 31.9. The Labute approximate surface area is 224 Å². The van der Waals surface area contributed by atoms with E-state index in [2.05, 4.69) is 38.0 Å². The predicted molar refractivity (Wildman–Crippen MR) is 149 cm³/mol. The van der Waals surface area contributed by atoms with Gasteiger partial charge in [-0.1, -0.05) is 12.7 Å². The zero-order chi connectivity index (χ0) is 26.9. The van der Waals surface area contributed by atoms with E-state index in [1.807, 2.05) is 62.5 Å². The third-order valence-electron chi connectivity index (χ3n) is 6.77. The number of aromatic nitrogens is 6. The van der Waals surface area contributed by atoms with Crippen LogP contribution in [0, 0.1) is 6.92 Å². The number of nitrogens with one attached hydrogen (secondary N) is 1. The van der Waals surface area contributed by atoms with E-state index in [1.165, 1.54) is 18.7 Å². The van der Waals surface area contributed by atoms with Crippen molar-refractivity contribution in [2.45, 2.75) is 26.3 Å². The molecular weight excluding hydrogens is 492 g/mol. The van der Waals surface area contributed by atoms with Crippen molar-refractivity contribution >= 4 is 39.7 Å². The second kappa shape index (κ2) is 9.97. The summed E-state index contributed by atoms with van der Waals surface area (Å²) in [6.07, 6.45) is 8.96. The Morgan fingerprint density at radius 2 is 2.03 bits per heavy atom. The first-order valence-electron chi connectivity index (χ1n) is 12.6. The Balaban J connectivity index is 1.24. The molecule has 1 aliphatic heterocycles. The number of pyridine rings is 2. The third-order valence-corrected chi connectivity index (χ3v) is 6.77. The van der Waals surface area contributed by atoms with Crippen LogP contribution in [0.4, 0.5) is 11.5 Å². The summed E-state index contributed by atoms with van der Waals surface area (Å²) in [6, 6.07) is 13.5. The lowest BCUT2D eigenvalue weighted by atomic mass is 9.98. The molecule has 10 nitrogen and oxygen atoms in total. The van der Waals surface area contributed by atoms with Crippen LogP contribution in [0.2, 0.25) is 0 Å². The first-order valence-corrected chi connectivity index (χ1v) is 12.6. The van der Waals surface area contributed by atoms with Crippen LogP contribution in [0.25, 0.3) is 22.3 Å². The van der Waals surface area contributed by atoms with E-state index in [9.17, 15) is 4.79 Å². The number of amides is 1. The quantitative estimate of drug-likeness (QED) is 0.309. The Hall–Kier alpha value is -5.12. The molecule has 0 saturated carbocycles. The second-order valence-electron chi connectivity index (χ2n) is 9.40. The van der Waals surface area contributed by atoms with Gasteiger partial charge >= 0.3 is 0 Å². The van der Waals surface area contributed by atoms with Gasteiger partial charge in [-0.2, -0.15) is 5.10 Å². The summed E-state index contributed by atoms with van der Waals surface area (Å²) < 4.78 is 7.78. The molecule has 0 saturated heterocycles. The van der Waals surface area contributed by atoms with Gasteiger partial charge in [-0.05, 0) is 73.9 Å². The van der Waals surface area contributed by atoms with Crippen LogP contribution in [0.5, 0.6) is 11.5 Å². The Kier molecular flexibility index (Phi) is 6.20. The molecule has 1 atom stereocenters. The lowest BCUT2D eigenvalue weighted by Crippen LogP contribution is -2.40. The van der Waals surface area contributed by atoms with Crippen molar-refractivity contribution in [3.63, 3.8) is 0 Å². The molecule has 1 N–H and O–H groups in total. The highest BCUT2D eigenvalue weighted by Gasteiger charge is 2.24. The molecule has 0 aliphatic carbocycles. The minimum Gasteiger partial charge on any atom is -0.457 e. The zero-order valence-electron chi connectivity index (χ0n) is 21.6. The molecule has 0 spiro atoms. The van der Waals surface area contributed by atoms with Gasteiger partial charge in [0.2, 0.25) is 5.91 Å². The van der Waals surface area contributed by atoms with E-state index < -0.39 is 0 Å². The largest absolute Gasteiger partial charge is 0.457 e. The number of fused-ring (bicyclic) bond motifs is 2. The predicted octanol–water partition coefficient (Wildman–Crippen LogP) is 5.10. The normalized spacial score (nSPS) is 15.3. The summed E-state index contributed by atoms with van der Waals surface area (Å²) in [5, 5.41) is 7.50. The third kappa shape index (κ3) is 4.79. The summed E-state index contributed by atoms with van der Waals surface area (Å²) in [7, 11) is 0. The zero-order valence-corrected chi connectivity index (χ0v) is 21.6. The van der Waals surface area contributed by atoms with E-state index in [-0.39, 0.29) is 11.9 Å². The van der Waals surface area contributed by atoms with Gasteiger partial charge in [0.1, 0.15) is 29.7 Å². The van der Waals surface area contributed by atoms with Gasteiger partial charge in [-0.25, -0.2) is 24.5 Å². The van der Waals surface area contributed by atoms with Gasteiger partial charge in [0.05, 0.1) is 11.2 Å². The van der Waals surface area contributed by atoms with Crippen molar-refractivity contribution in [3.05, 3.63) is 91.3 Å². The lowest BCUT2D eigenvalue weighted by molar-refractivity contribution is -0.127. The number of hydrogen-bond acceptors (Lipinski definition) is 8. The molecule has 4 aromatic heterocycles. The average Bonchev–Trinajstić information content (AvgIpc) is 3.42. The van der Waals surface area contributed by atoms with Crippen LogP contribution in [0.3, 0.4) is 0 Å². The molecule has 10 heteroatoms. The van der Waals surface area contributed by atoms with Crippen molar-refractivity contribution < 1.29 is 9.53 Å². The lowest BCUT2D eigenvalue weighted by Gasteiger charge is -2.32. The summed E-state index contributed by atoms with van der Waals surface area (Å²) >= 11 is 0. The van der Waals surface area contributed by atoms with Gasteiger partial charge in [-0.15, -0.1) is 0 Å². The van der Waals surface area contributed by atoms with Crippen LogP contribution < -0.4 is 10.1 Å². The Morgan fingerprint density at radius 1 is 1.13 bits per heavy atom. The monoisotopic (exact) mass is 518 g/mol. The van der Waals surface area contributed by atoms with Crippen molar-refractivity contribution in [2.75, 3.05) is 11.9 Å². The number of aryl methyl sites for hydroxylation is 1. The molecule has 5 aromatic rings. The minimum absolute atomic E-state index is 0.0552. The van der Waals surface area contributed by atoms with Crippen molar-refractivity contribution in [2.24, 2.45) is 0 Å². The van der Waals surface area contributed by atoms with Crippen LogP contribution in [0.15, 0.2) is 80.0 Å². The number of hydrogen-bond donors (Lipinski definition) is 1. The summed E-state index contributed by atoms with van der Waals surface area (Å²) in [6.45, 7) is 8.15. The van der Waals surface area contributed by atoms with Gasteiger partial charge in [0, 0.05) is 30.5 Å². The molecule has 1 aliphatic rings. The maximum absolute atomic E-state index is 12.1. The topological polar surface area (TPSA) is 110 Å². The average molecular weight is 519 g/mol. The molecule has 1 amide bonds. The second-order valence-corrected chi connectivity index (χ2v) is 9.40. The van der Waals surface area contributed by atoms with Crippen molar-refractivity contribution in [1.29, 1.82) is 0 Å². The number of nitrogens with zero attached hydrogens (tertiary/aromatic N) is 7. The molecule has 0 fully saturated rings. The first kappa shape index (κ1) is 24.2. The Bertz CT molecular complexity index is 1760. The summed E-state index contributed by atoms with van der Waals surface area (Å²) in [5.41, 5.74) is 5.87. The molecule has 39 heavy (non-hydrogen) atoms. The maximum atomic E-state index is 12.1. The maximum Gasteiger partial charge on any atom is 0.246 e. The minimum atomic E-state index is -0.0627. The fourth-order valence-corrected chi connectivity index (χ4v) is 4.71. The van der Waals surface area contributed by atoms with Crippen LogP contribution in [-0.4, -0.2) is 52.9 Å². The van der Waals surface area contributed by atoms with E-state index in [4.69, 9.17) is 9.72 Å². The number of benzene rings is 1. The number of anilines is 2. The fraction of sp³-hybridized carbons (Fsp3) is 0.172. The van der Waals surface area contributed by atoms with E-state index in [1.54, 1.807) is 9.42 Å². The molecule has 5 heterocycles. The SMILES string of the molecule is C=CC(=O)N1CC=C(c2ccc3ncnc(Nc4ccc(Oc5ccn6ncnc6c5)c(C)c4)c3n2)C[C@@H]1C. The number of rotatable bonds is 6. The van der Waals surface area contributed by atoms with Crippen LogP contribution in [-0.2, 0) is 4.79 Å². The highest BCUT2D eigenvalue weighted by molar-refractivity contribution is 5.90. The summed E-state index contributed by atoms with van der Waals surface area (Å²) in [5.74, 6) is 1.97. The number of carbonyl (C=O) groups excluding carboxylic acids is 1. The molecular formula is C29H26N8O2. The highest BCUT2D eigenvalue weighted by Crippen LogP contribution is 2.31. The molecule has 0 bridgehead atoms. The van der Waals surface area contributed by atoms with Gasteiger partial charge in [0.15, 0.2) is 11.5 Å². The molecule has 1 aromatic carbocycles. The number of carbonyl (C=O) groups is 1. The molecule has 194 valence electrons. The van der Waals surface area contributed by atoms with Crippen LogP contribution in [0.1, 0.15) is 24.6 Å². The molecule has 0 radical (unpaired) electrons. The van der Waals surface area contributed by atoms with Crippen molar-refractivity contribution in [3.8, 4) is 11.5 Å². The van der Waals surface area contributed by atoms with E-state index in [0.717, 1.165) is 33.8 Å². The van der Waals surface area contributed by atoms with Gasteiger partial charge in [0.25, 0.3) is 0 Å². The smallest absolute Gasteiger partial charge is 0.246 e.